The Labute approximate surface area is 150 Å². The number of para-hydroxylation sites is 1. The molecule has 3 aromatic rings. The molecule has 0 amide bonds. The van der Waals surface area contributed by atoms with Gasteiger partial charge in [0.25, 0.3) is 0 Å². The summed E-state index contributed by atoms with van der Waals surface area (Å²) in [4.78, 5) is 6.80. The Bertz CT molecular complexity index is 980. The van der Waals surface area contributed by atoms with Crippen molar-refractivity contribution in [3.8, 4) is 0 Å². The lowest BCUT2D eigenvalue weighted by Gasteiger charge is -2.24. The summed E-state index contributed by atoms with van der Waals surface area (Å²) < 4.78 is 24.0. The van der Waals surface area contributed by atoms with Gasteiger partial charge in [-0.1, -0.05) is 6.07 Å². The second-order valence-corrected chi connectivity index (χ2v) is 7.07. The van der Waals surface area contributed by atoms with E-state index in [4.69, 9.17) is 4.74 Å². The quantitative estimate of drug-likeness (QED) is 0.720. The van der Waals surface area contributed by atoms with Crippen LogP contribution in [0.15, 0.2) is 18.2 Å². The predicted molar refractivity (Wildman–Crippen MR) is 94.5 cm³/mol. The van der Waals surface area contributed by atoms with Crippen molar-refractivity contribution in [1.29, 1.82) is 0 Å². The molecule has 26 heavy (non-hydrogen) atoms. The molecule has 7 nitrogen and oxygen atoms in total. The van der Waals surface area contributed by atoms with Crippen LogP contribution in [0.1, 0.15) is 30.5 Å². The van der Waals surface area contributed by atoms with Crippen LogP contribution < -0.4 is 4.90 Å². The summed E-state index contributed by atoms with van der Waals surface area (Å²) in [5.41, 5.74) is 1.18. The van der Waals surface area contributed by atoms with Crippen LogP contribution in [0.5, 0.6) is 0 Å². The summed E-state index contributed by atoms with van der Waals surface area (Å²) in [5.74, 6) is 2.46. The lowest BCUT2D eigenvalue weighted by molar-refractivity contribution is 0.118. The average Bonchev–Trinajstić information content (AvgIpc) is 3.38. The van der Waals surface area contributed by atoms with Gasteiger partial charge in [0.2, 0.25) is 5.95 Å². The third-order valence-electron chi connectivity index (χ3n) is 5.63. The number of halogens is 1. The minimum Gasteiger partial charge on any atom is -0.380 e. The molecular weight excluding hydrogens is 335 g/mol. The van der Waals surface area contributed by atoms with Crippen molar-refractivity contribution in [2.75, 3.05) is 18.6 Å². The highest BCUT2D eigenvalue weighted by molar-refractivity contribution is 5.79. The fourth-order valence-corrected chi connectivity index (χ4v) is 4.28. The Hall–Kier alpha value is -2.48. The molecular formula is C18H21FN6O. The van der Waals surface area contributed by atoms with Gasteiger partial charge in [-0.25, -0.2) is 9.37 Å². The number of rotatable bonds is 3. The molecule has 8 heteroatoms. The first kappa shape index (κ1) is 15.7. The lowest BCUT2D eigenvalue weighted by atomic mass is 10.2. The van der Waals surface area contributed by atoms with Gasteiger partial charge in [0.15, 0.2) is 11.6 Å². The van der Waals surface area contributed by atoms with Crippen molar-refractivity contribution in [3.63, 3.8) is 0 Å². The van der Waals surface area contributed by atoms with Gasteiger partial charge in [0.1, 0.15) is 11.3 Å². The van der Waals surface area contributed by atoms with Crippen molar-refractivity contribution in [2.45, 2.75) is 38.0 Å². The highest BCUT2D eigenvalue weighted by atomic mass is 19.1. The van der Waals surface area contributed by atoms with E-state index in [0.29, 0.717) is 12.1 Å². The van der Waals surface area contributed by atoms with E-state index < -0.39 is 0 Å². The van der Waals surface area contributed by atoms with Gasteiger partial charge in [0, 0.05) is 40.1 Å². The highest BCUT2D eigenvalue weighted by Crippen LogP contribution is 2.38. The minimum atomic E-state index is -0.299. The Morgan fingerprint density at radius 1 is 1.27 bits per heavy atom. The predicted octanol–water partition coefficient (Wildman–Crippen LogP) is 2.22. The number of aromatic nitrogens is 5. The van der Waals surface area contributed by atoms with E-state index in [1.807, 2.05) is 17.7 Å². The Balaban J connectivity index is 1.62. The molecule has 0 spiro atoms. The number of imidazole rings is 1. The van der Waals surface area contributed by atoms with Crippen molar-refractivity contribution in [2.24, 2.45) is 7.05 Å². The molecule has 5 rings (SSSR count). The zero-order chi connectivity index (χ0) is 17.8. The van der Waals surface area contributed by atoms with Crippen molar-refractivity contribution in [1.82, 2.24) is 24.3 Å². The molecule has 0 aliphatic carbocycles. The van der Waals surface area contributed by atoms with Crippen LogP contribution in [0, 0.1) is 5.82 Å². The van der Waals surface area contributed by atoms with E-state index in [2.05, 4.69) is 24.6 Å². The van der Waals surface area contributed by atoms with E-state index in [9.17, 15) is 4.39 Å². The van der Waals surface area contributed by atoms with Gasteiger partial charge in [-0.2, -0.15) is 0 Å². The van der Waals surface area contributed by atoms with Crippen LogP contribution >= 0.6 is 0 Å². The third kappa shape index (κ3) is 2.18. The molecule has 0 saturated carbocycles. The Morgan fingerprint density at radius 3 is 2.96 bits per heavy atom. The number of hydrogen-bond donors (Lipinski definition) is 0. The number of fused-ring (bicyclic) bond motifs is 2. The minimum absolute atomic E-state index is 0.0258. The van der Waals surface area contributed by atoms with Gasteiger partial charge >= 0.3 is 0 Å². The maximum atomic E-state index is 14.2. The van der Waals surface area contributed by atoms with Crippen LogP contribution in [0.25, 0.3) is 11.0 Å². The molecule has 4 heterocycles. The normalized spacial score (nSPS) is 22.5. The Kier molecular flexibility index (Phi) is 3.49. The maximum Gasteiger partial charge on any atom is 0.207 e. The number of methoxy groups -OCH3 is 1. The molecule has 0 unspecified atom stereocenters. The Morgan fingerprint density at radius 2 is 2.15 bits per heavy atom. The van der Waals surface area contributed by atoms with Crippen molar-refractivity contribution in [3.05, 3.63) is 35.7 Å². The van der Waals surface area contributed by atoms with E-state index in [-0.39, 0.29) is 18.0 Å². The topological polar surface area (TPSA) is 61.0 Å². The standard InChI is InChI=1S/C18H21FN6O/c1-23-13-6-3-5-12(19)16(13)20-18(23)25-10-11(26-2)9-14(25)17-22-21-15-7-4-8-24(15)17/h3,5-6,11,14H,4,7-10H2,1-2H3/t11-,14+/m1/s1. The molecule has 2 aromatic heterocycles. The second kappa shape index (κ2) is 5.77. The molecule has 1 fully saturated rings. The molecule has 2 atom stereocenters. The molecule has 1 aromatic carbocycles. The van der Waals surface area contributed by atoms with Crippen LogP contribution in [0.4, 0.5) is 10.3 Å². The van der Waals surface area contributed by atoms with Gasteiger partial charge < -0.3 is 18.8 Å². The highest BCUT2D eigenvalue weighted by Gasteiger charge is 2.39. The summed E-state index contributed by atoms with van der Waals surface area (Å²) in [6, 6.07) is 5.08. The molecule has 0 N–H and O–H groups in total. The number of ether oxygens (including phenoxy) is 1. The number of aryl methyl sites for hydroxylation is 2. The summed E-state index contributed by atoms with van der Waals surface area (Å²) in [6.45, 7) is 1.65. The van der Waals surface area contributed by atoms with Crippen LogP contribution in [0.2, 0.25) is 0 Å². The van der Waals surface area contributed by atoms with E-state index in [1.54, 1.807) is 13.2 Å². The van der Waals surface area contributed by atoms with Crippen LogP contribution in [-0.2, 0) is 24.8 Å². The molecule has 1 saturated heterocycles. The number of benzene rings is 1. The first-order valence-electron chi connectivity index (χ1n) is 8.99. The zero-order valence-electron chi connectivity index (χ0n) is 14.9. The maximum absolute atomic E-state index is 14.2. The second-order valence-electron chi connectivity index (χ2n) is 7.07. The number of hydrogen-bond acceptors (Lipinski definition) is 5. The largest absolute Gasteiger partial charge is 0.380 e. The van der Waals surface area contributed by atoms with E-state index >= 15 is 0 Å². The van der Waals surface area contributed by atoms with Crippen LogP contribution in [-0.4, -0.2) is 44.1 Å². The summed E-state index contributed by atoms with van der Waals surface area (Å²) in [6.07, 6.45) is 2.99. The third-order valence-corrected chi connectivity index (χ3v) is 5.63. The number of anilines is 1. The van der Waals surface area contributed by atoms with E-state index in [0.717, 1.165) is 48.9 Å². The summed E-state index contributed by atoms with van der Waals surface area (Å²) >= 11 is 0. The lowest BCUT2D eigenvalue weighted by Crippen LogP contribution is -2.28. The van der Waals surface area contributed by atoms with Crippen molar-refractivity contribution >= 4 is 17.0 Å². The van der Waals surface area contributed by atoms with Crippen LogP contribution in [0.3, 0.4) is 0 Å². The molecule has 136 valence electrons. The van der Waals surface area contributed by atoms with E-state index in [1.165, 1.54) is 6.07 Å². The number of nitrogens with zero attached hydrogens (tertiary/aromatic N) is 6. The van der Waals surface area contributed by atoms with Gasteiger partial charge in [-0.3, -0.25) is 0 Å². The fourth-order valence-electron chi connectivity index (χ4n) is 4.28. The van der Waals surface area contributed by atoms with Gasteiger partial charge in [0.05, 0.1) is 17.7 Å². The molecule has 2 aliphatic heterocycles. The molecule has 0 bridgehead atoms. The van der Waals surface area contributed by atoms with Gasteiger partial charge in [-0.15, -0.1) is 10.2 Å². The zero-order valence-corrected chi connectivity index (χ0v) is 14.9. The smallest absolute Gasteiger partial charge is 0.207 e. The summed E-state index contributed by atoms with van der Waals surface area (Å²) in [5, 5.41) is 8.83. The molecule has 2 aliphatic rings. The SMILES string of the molecule is CO[C@@H]1C[C@@H](c2nnc3n2CCC3)N(c2nc3c(F)cccc3n2C)C1. The fraction of sp³-hybridized carbons (Fsp3) is 0.500. The average molecular weight is 356 g/mol. The summed E-state index contributed by atoms with van der Waals surface area (Å²) in [7, 11) is 3.66. The van der Waals surface area contributed by atoms with Gasteiger partial charge in [-0.05, 0) is 18.6 Å². The first-order valence-corrected chi connectivity index (χ1v) is 8.99. The van der Waals surface area contributed by atoms with Crippen molar-refractivity contribution < 1.29 is 9.13 Å². The molecule has 0 radical (unpaired) electrons. The monoisotopic (exact) mass is 356 g/mol. The first-order chi connectivity index (χ1) is 12.7.